The van der Waals surface area contributed by atoms with Crippen molar-refractivity contribution in [1.29, 1.82) is 0 Å². The SMILES string of the molecule is CC(C)C[C@@H]1CCOC2C(C1)CN(C(=O)OC(C)(C)C)C2C(=O)O. The van der Waals surface area contributed by atoms with Gasteiger partial charge in [-0.15, -0.1) is 0 Å². The zero-order valence-corrected chi connectivity index (χ0v) is 15.4. The Bertz CT molecular complexity index is 471. The van der Waals surface area contributed by atoms with Gasteiger partial charge in [0.2, 0.25) is 0 Å². The average molecular weight is 341 g/mol. The van der Waals surface area contributed by atoms with Crippen molar-refractivity contribution in [3.05, 3.63) is 0 Å². The Morgan fingerprint density at radius 2 is 2.00 bits per heavy atom. The third-order valence-corrected chi connectivity index (χ3v) is 4.70. The molecule has 0 aromatic heterocycles. The van der Waals surface area contributed by atoms with Crippen molar-refractivity contribution >= 4 is 12.1 Å². The van der Waals surface area contributed by atoms with E-state index in [2.05, 4.69) is 13.8 Å². The molecule has 4 atom stereocenters. The van der Waals surface area contributed by atoms with Crippen LogP contribution in [-0.4, -0.2) is 53.0 Å². The molecule has 1 N–H and O–H groups in total. The summed E-state index contributed by atoms with van der Waals surface area (Å²) < 4.78 is 11.3. The maximum atomic E-state index is 12.4. The van der Waals surface area contributed by atoms with Crippen LogP contribution in [0.15, 0.2) is 0 Å². The van der Waals surface area contributed by atoms with Crippen LogP contribution >= 0.6 is 0 Å². The van der Waals surface area contributed by atoms with Crippen molar-refractivity contribution < 1.29 is 24.2 Å². The summed E-state index contributed by atoms with van der Waals surface area (Å²) in [4.78, 5) is 25.6. The van der Waals surface area contributed by atoms with Crippen molar-refractivity contribution in [2.75, 3.05) is 13.2 Å². The van der Waals surface area contributed by atoms with Gasteiger partial charge in [0, 0.05) is 19.1 Å². The van der Waals surface area contributed by atoms with E-state index in [1.165, 1.54) is 4.90 Å². The summed E-state index contributed by atoms with van der Waals surface area (Å²) in [7, 11) is 0. The number of ether oxygens (including phenoxy) is 2. The fourth-order valence-electron chi connectivity index (χ4n) is 3.92. The first-order valence-electron chi connectivity index (χ1n) is 8.92. The third-order valence-electron chi connectivity index (χ3n) is 4.70. The summed E-state index contributed by atoms with van der Waals surface area (Å²) >= 11 is 0. The van der Waals surface area contributed by atoms with E-state index in [4.69, 9.17) is 9.47 Å². The highest BCUT2D eigenvalue weighted by Crippen LogP contribution is 2.37. The smallest absolute Gasteiger partial charge is 0.411 e. The Balaban J connectivity index is 2.15. The number of amides is 1. The summed E-state index contributed by atoms with van der Waals surface area (Å²) in [6.07, 6.45) is 1.98. The molecule has 2 heterocycles. The molecule has 2 aliphatic rings. The van der Waals surface area contributed by atoms with Crippen molar-refractivity contribution in [3.63, 3.8) is 0 Å². The largest absolute Gasteiger partial charge is 0.480 e. The molecule has 2 saturated heterocycles. The van der Waals surface area contributed by atoms with Crippen LogP contribution in [0, 0.1) is 17.8 Å². The molecule has 0 radical (unpaired) electrons. The van der Waals surface area contributed by atoms with Crippen LogP contribution in [0.5, 0.6) is 0 Å². The minimum atomic E-state index is -1.02. The van der Waals surface area contributed by atoms with E-state index in [1.807, 2.05) is 0 Å². The number of carboxylic acid groups (broad SMARTS) is 1. The molecule has 2 fully saturated rings. The Kier molecular flexibility index (Phi) is 5.78. The van der Waals surface area contributed by atoms with Gasteiger partial charge in [0.1, 0.15) is 5.60 Å². The quantitative estimate of drug-likeness (QED) is 0.853. The minimum Gasteiger partial charge on any atom is -0.480 e. The number of aliphatic carboxylic acids is 1. The van der Waals surface area contributed by atoms with Crippen molar-refractivity contribution in [1.82, 2.24) is 4.90 Å². The zero-order chi connectivity index (χ0) is 18.1. The maximum absolute atomic E-state index is 12.4. The monoisotopic (exact) mass is 341 g/mol. The number of hydrogen-bond acceptors (Lipinski definition) is 4. The van der Waals surface area contributed by atoms with E-state index in [9.17, 15) is 14.7 Å². The fourth-order valence-corrected chi connectivity index (χ4v) is 3.92. The molecule has 2 rings (SSSR count). The molecule has 24 heavy (non-hydrogen) atoms. The van der Waals surface area contributed by atoms with Crippen molar-refractivity contribution in [2.45, 2.75) is 71.6 Å². The second-order valence-corrected chi connectivity index (χ2v) is 8.53. The normalized spacial score (nSPS) is 30.8. The Morgan fingerprint density at radius 3 is 2.54 bits per heavy atom. The van der Waals surface area contributed by atoms with E-state index in [-0.39, 0.29) is 5.92 Å². The molecule has 138 valence electrons. The van der Waals surface area contributed by atoms with Crippen molar-refractivity contribution in [3.8, 4) is 0 Å². The molecular formula is C18H31NO5. The first-order chi connectivity index (χ1) is 11.1. The molecule has 6 nitrogen and oxygen atoms in total. The maximum Gasteiger partial charge on any atom is 0.411 e. The summed E-state index contributed by atoms with van der Waals surface area (Å²) in [5.41, 5.74) is -0.647. The second kappa shape index (κ2) is 7.30. The molecule has 0 saturated carbocycles. The van der Waals surface area contributed by atoms with Gasteiger partial charge in [-0.05, 0) is 51.9 Å². The lowest BCUT2D eigenvalue weighted by atomic mass is 9.85. The fraction of sp³-hybridized carbons (Fsp3) is 0.889. The summed E-state index contributed by atoms with van der Waals surface area (Å²) in [6.45, 7) is 10.7. The van der Waals surface area contributed by atoms with E-state index in [0.717, 1.165) is 19.3 Å². The number of hydrogen-bond donors (Lipinski definition) is 1. The molecule has 1 amide bonds. The van der Waals surface area contributed by atoms with Gasteiger partial charge in [-0.3, -0.25) is 4.90 Å². The van der Waals surface area contributed by atoms with E-state index < -0.39 is 29.8 Å². The van der Waals surface area contributed by atoms with Crippen LogP contribution < -0.4 is 0 Å². The molecule has 0 aromatic carbocycles. The molecular weight excluding hydrogens is 310 g/mol. The van der Waals surface area contributed by atoms with Crippen LogP contribution in [0.1, 0.15) is 53.9 Å². The molecule has 0 bridgehead atoms. The first kappa shape index (κ1) is 19.0. The average Bonchev–Trinajstić information content (AvgIpc) is 2.64. The number of nitrogens with zero attached hydrogens (tertiary/aromatic N) is 1. The van der Waals surface area contributed by atoms with Crippen LogP contribution in [0.4, 0.5) is 4.79 Å². The molecule has 3 unspecified atom stereocenters. The predicted octanol–water partition coefficient (Wildman–Crippen LogP) is 3.15. The van der Waals surface area contributed by atoms with Gasteiger partial charge < -0.3 is 14.6 Å². The highest BCUT2D eigenvalue weighted by Gasteiger charge is 2.51. The number of carboxylic acids is 1. The minimum absolute atomic E-state index is 0.0601. The second-order valence-electron chi connectivity index (χ2n) is 8.53. The lowest BCUT2D eigenvalue weighted by Crippen LogP contribution is -2.47. The Labute approximate surface area is 144 Å². The molecule has 0 aliphatic carbocycles. The number of fused-ring (bicyclic) bond motifs is 1. The molecule has 6 heteroatoms. The third kappa shape index (κ3) is 4.62. The van der Waals surface area contributed by atoms with Gasteiger partial charge in [-0.1, -0.05) is 13.8 Å². The Morgan fingerprint density at radius 1 is 1.33 bits per heavy atom. The van der Waals surface area contributed by atoms with Gasteiger partial charge in [0.05, 0.1) is 6.10 Å². The van der Waals surface area contributed by atoms with E-state index >= 15 is 0 Å². The van der Waals surface area contributed by atoms with E-state index in [0.29, 0.717) is 25.0 Å². The standard InChI is InChI=1S/C18H31NO5/c1-11(2)8-12-6-7-23-15-13(9-12)10-19(14(15)16(20)21)17(22)24-18(3,4)5/h11-15H,6-10H2,1-5H3,(H,20,21)/t12-,13?,14?,15?/m0/s1. The van der Waals surface area contributed by atoms with Gasteiger partial charge in [-0.25, -0.2) is 9.59 Å². The van der Waals surface area contributed by atoms with Crippen LogP contribution in [0.3, 0.4) is 0 Å². The highest BCUT2D eigenvalue weighted by atomic mass is 16.6. The van der Waals surface area contributed by atoms with Gasteiger partial charge >= 0.3 is 12.1 Å². The van der Waals surface area contributed by atoms with Gasteiger partial charge in [0.15, 0.2) is 6.04 Å². The predicted molar refractivity (Wildman–Crippen MR) is 89.8 cm³/mol. The zero-order valence-electron chi connectivity index (χ0n) is 15.4. The number of carbonyl (C=O) groups excluding carboxylic acids is 1. The van der Waals surface area contributed by atoms with Crippen LogP contribution in [0.25, 0.3) is 0 Å². The molecule has 0 spiro atoms. The molecule has 2 aliphatic heterocycles. The lowest BCUT2D eigenvalue weighted by molar-refractivity contribution is -0.146. The van der Waals surface area contributed by atoms with Gasteiger partial charge in [0.25, 0.3) is 0 Å². The van der Waals surface area contributed by atoms with Crippen molar-refractivity contribution in [2.24, 2.45) is 17.8 Å². The van der Waals surface area contributed by atoms with Crippen LogP contribution in [0.2, 0.25) is 0 Å². The topological polar surface area (TPSA) is 76.1 Å². The van der Waals surface area contributed by atoms with E-state index in [1.54, 1.807) is 20.8 Å². The number of rotatable bonds is 3. The number of carbonyl (C=O) groups is 2. The Hall–Kier alpha value is -1.30. The summed E-state index contributed by atoms with van der Waals surface area (Å²) in [6, 6.07) is -0.956. The first-order valence-corrected chi connectivity index (χ1v) is 8.92. The summed E-state index contributed by atoms with van der Waals surface area (Å²) in [5.74, 6) is 0.166. The van der Waals surface area contributed by atoms with Gasteiger partial charge in [-0.2, -0.15) is 0 Å². The summed E-state index contributed by atoms with van der Waals surface area (Å²) in [5, 5.41) is 9.64. The van der Waals surface area contributed by atoms with Crippen LogP contribution in [-0.2, 0) is 14.3 Å². The number of likely N-dealkylation sites (tertiary alicyclic amines) is 1. The lowest BCUT2D eigenvalue weighted by Gasteiger charge is -2.28. The highest BCUT2D eigenvalue weighted by molar-refractivity contribution is 5.81. The molecule has 0 aromatic rings.